The number of benzene rings is 1. The molecule has 3 aliphatic rings. The lowest BCUT2D eigenvalue weighted by molar-refractivity contribution is 0.298. The van der Waals surface area contributed by atoms with Gasteiger partial charge in [-0.05, 0) is 23.3 Å². The number of hydrogen-bond acceptors (Lipinski definition) is 2. The Kier molecular flexibility index (Phi) is 2.56. The second-order valence-corrected chi connectivity index (χ2v) is 5.39. The van der Waals surface area contributed by atoms with Gasteiger partial charge in [0, 0.05) is 30.5 Å². The van der Waals surface area contributed by atoms with E-state index in [4.69, 9.17) is 0 Å². The van der Waals surface area contributed by atoms with Gasteiger partial charge in [0.1, 0.15) is 0 Å². The maximum Gasteiger partial charge on any atom is 0.0575 e. The van der Waals surface area contributed by atoms with E-state index in [2.05, 4.69) is 58.8 Å². The van der Waals surface area contributed by atoms with Gasteiger partial charge in [0.2, 0.25) is 0 Å². The van der Waals surface area contributed by atoms with E-state index in [1.807, 2.05) is 0 Å². The van der Waals surface area contributed by atoms with E-state index in [1.54, 1.807) is 0 Å². The largest absolute Gasteiger partial charge is 0.365 e. The van der Waals surface area contributed by atoms with Crippen LogP contribution in [-0.4, -0.2) is 30.6 Å². The van der Waals surface area contributed by atoms with Crippen LogP contribution in [0.25, 0.3) is 11.8 Å². The Hall–Kier alpha value is -1.80. The average Bonchev–Trinajstić information content (AvgIpc) is 2.62. The average molecular weight is 250 g/mol. The van der Waals surface area contributed by atoms with Crippen molar-refractivity contribution in [3.63, 3.8) is 0 Å². The molecule has 96 valence electrons. The smallest absolute Gasteiger partial charge is 0.0575 e. The van der Waals surface area contributed by atoms with Crippen molar-refractivity contribution < 1.29 is 0 Å². The molecule has 1 unspecified atom stereocenters. The van der Waals surface area contributed by atoms with Gasteiger partial charge in [-0.25, -0.2) is 0 Å². The van der Waals surface area contributed by atoms with Crippen LogP contribution in [0.15, 0.2) is 48.1 Å². The van der Waals surface area contributed by atoms with Crippen LogP contribution >= 0.6 is 0 Å². The third-order valence-corrected chi connectivity index (χ3v) is 4.31. The fourth-order valence-electron chi connectivity index (χ4n) is 3.39. The minimum atomic E-state index is 0.523. The molecule has 0 saturated carbocycles. The quantitative estimate of drug-likeness (QED) is 0.731. The van der Waals surface area contributed by atoms with Crippen molar-refractivity contribution in [1.29, 1.82) is 0 Å². The second-order valence-electron chi connectivity index (χ2n) is 5.39. The van der Waals surface area contributed by atoms with E-state index in [0.29, 0.717) is 6.04 Å². The highest BCUT2D eigenvalue weighted by Gasteiger charge is 2.27. The predicted molar refractivity (Wildman–Crippen MR) is 78.8 cm³/mol. The second kappa shape index (κ2) is 4.39. The number of hydrogen-bond donors (Lipinski definition) is 1. The van der Waals surface area contributed by atoms with E-state index >= 15 is 0 Å². The van der Waals surface area contributed by atoms with Gasteiger partial charge in [-0.2, -0.15) is 0 Å². The van der Waals surface area contributed by atoms with Crippen LogP contribution in [-0.2, 0) is 0 Å². The van der Waals surface area contributed by atoms with Crippen molar-refractivity contribution in [1.82, 2.24) is 10.2 Å². The van der Waals surface area contributed by atoms with Gasteiger partial charge in [0.25, 0.3) is 0 Å². The first-order valence-corrected chi connectivity index (χ1v) is 7.07. The Morgan fingerprint density at radius 2 is 2.16 bits per heavy atom. The molecule has 2 aliphatic heterocycles. The summed E-state index contributed by atoms with van der Waals surface area (Å²) in [6.45, 7) is 3.17. The standard InChI is InChI=1S/C17H18N2/c1-3-7-15-13(5-1)11-14-6-2-4-8-16(14)19-10-9-18-12-17(15)19/h1-7,11,16,18H,8-10,12H2. The van der Waals surface area contributed by atoms with E-state index in [1.165, 1.54) is 21.7 Å². The van der Waals surface area contributed by atoms with Gasteiger partial charge < -0.3 is 10.2 Å². The van der Waals surface area contributed by atoms with Crippen LogP contribution < -0.4 is 15.8 Å². The summed E-state index contributed by atoms with van der Waals surface area (Å²) in [7, 11) is 0. The Morgan fingerprint density at radius 3 is 3.16 bits per heavy atom. The third kappa shape index (κ3) is 1.75. The zero-order valence-corrected chi connectivity index (χ0v) is 11.0. The molecule has 1 aromatic rings. The lowest BCUT2D eigenvalue weighted by Crippen LogP contribution is -2.49. The van der Waals surface area contributed by atoms with Crippen molar-refractivity contribution in [2.75, 3.05) is 19.6 Å². The van der Waals surface area contributed by atoms with Crippen LogP contribution in [0, 0.1) is 0 Å². The first-order chi connectivity index (χ1) is 9.43. The predicted octanol–water partition coefficient (Wildman–Crippen LogP) is 0.749. The summed E-state index contributed by atoms with van der Waals surface area (Å²) in [5.41, 5.74) is 2.91. The summed E-state index contributed by atoms with van der Waals surface area (Å²) in [5, 5.41) is 6.27. The Labute approximate surface area is 113 Å². The summed E-state index contributed by atoms with van der Waals surface area (Å²) < 4.78 is 0. The van der Waals surface area contributed by atoms with Crippen LogP contribution in [0.1, 0.15) is 6.42 Å². The van der Waals surface area contributed by atoms with Crippen LogP contribution in [0.3, 0.4) is 0 Å². The minimum Gasteiger partial charge on any atom is -0.365 e. The Morgan fingerprint density at radius 1 is 1.21 bits per heavy atom. The van der Waals surface area contributed by atoms with Gasteiger partial charge in [-0.1, -0.05) is 42.5 Å². The molecule has 0 aromatic heterocycles. The molecule has 1 aromatic carbocycles. The highest BCUT2D eigenvalue weighted by Crippen LogP contribution is 2.26. The number of nitrogens with one attached hydrogen (secondary N) is 1. The molecule has 0 radical (unpaired) electrons. The van der Waals surface area contributed by atoms with Gasteiger partial charge in [-0.3, -0.25) is 0 Å². The summed E-state index contributed by atoms with van der Waals surface area (Å²) in [4.78, 5) is 2.61. The molecule has 1 atom stereocenters. The van der Waals surface area contributed by atoms with Gasteiger partial charge in [0.15, 0.2) is 0 Å². The lowest BCUT2D eigenvalue weighted by atomic mass is 9.96. The maximum atomic E-state index is 3.52. The summed E-state index contributed by atoms with van der Waals surface area (Å²) in [6, 6.07) is 9.29. The van der Waals surface area contributed by atoms with Crippen LogP contribution in [0.5, 0.6) is 0 Å². The van der Waals surface area contributed by atoms with Crippen LogP contribution in [0.4, 0.5) is 0 Å². The molecular weight excluding hydrogens is 232 g/mol. The number of piperazine rings is 1. The molecule has 2 heterocycles. The maximum absolute atomic E-state index is 3.52. The fourth-order valence-corrected chi connectivity index (χ4v) is 3.39. The minimum absolute atomic E-state index is 0.523. The summed E-state index contributed by atoms with van der Waals surface area (Å²) >= 11 is 0. The number of rotatable bonds is 0. The van der Waals surface area contributed by atoms with Crippen molar-refractivity contribution in [2.24, 2.45) is 0 Å². The fraction of sp³-hybridized carbons (Fsp3) is 0.294. The zero-order valence-electron chi connectivity index (χ0n) is 11.0. The van der Waals surface area contributed by atoms with Crippen molar-refractivity contribution >= 4 is 11.8 Å². The molecule has 2 nitrogen and oxygen atoms in total. The monoisotopic (exact) mass is 250 g/mol. The topological polar surface area (TPSA) is 15.3 Å². The highest BCUT2D eigenvalue weighted by atomic mass is 15.2. The molecule has 1 saturated heterocycles. The van der Waals surface area contributed by atoms with E-state index in [9.17, 15) is 0 Å². The Balaban J connectivity index is 2.04. The van der Waals surface area contributed by atoms with Crippen molar-refractivity contribution in [2.45, 2.75) is 12.5 Å². The SMILES string of the molecule is C1=CCC2C(=C1)C=c1ccccc1=C1CNCCN12. The molecule has 1 aliphatic carbocycles. The molecule has 0 bridgehead atoms. The molecule has 2 heteroatoms. The summed E-state index contributed by atoms with van der Waals surface area (Å²) in [5.74, 6) is 0. The highest BCUT2D eigenvalue weighted by molar-refractivity contribution is 5.60. The Bertz CT molecular complexity index is 681. The van der Waals surface area contributed by atoms with Gasteiger partial charge in [0.05, 0.1) is 6.04 Å². The van der Waals surface area contributed by atoms with Crippen molar-refractivity contribution in [3.05, 3.63) is 58.5 Å². The van der Waals surface area contributed by atoms with Gasteiger partial charge >= 0.3 is 0 Å². The molecular formula is C17H18N2. The number of fused-ring (bicyclic) bond motifs is 4. The molecule has 1 fully saturated rings. The first kappa shape index (κ1) is 11.1. The van der Waals surface area contributed by atoms with E-state index in [0.717, 1.165) is 26.1 Å². The first-order valence-electron chi connectivity index (χ1n) is 7.07. The molecule has 1 N–H and O–H groups in total. The van der Waals surface area contributed by atoms with E-state index in [-0.39, 0.29) is 0 Å². The molecule has 19 heavy (non-hydrogen) atoms. The normalized spacial score (nSPS) is 24.6. The number of allylic oxidation sites excluding steroid dienone is 2. The lowest BCUT2D eigenvalue weighted by Gasteiger charge is -2.39. The zero-order chi connectivity index (χ0) is 12.7. The summed E-state index contributed by atoms with van der Waals surface area (Å²) in [6.07, 6.45) is 10.3. The molecule has 0 spiro atoms. The molecule has 0 amide bonds. The van der Waals surface area contributed by atoms with Crippen LogP contribution in [0.2, 0.25) is 0 Å². The van der Waals surface area contributed by atoms with E-state index < -0.39 is 0 Å². The molecule has 4 rings (SSSR count). The van der Waals surface area contributed by atoms with Crippen molar-refractivity contribution in [3.8, 4) is 0 Å². The number of nitrogens with zero attached hydrogens (tertiary/aromatic N) is 1. The van der Waals surface area contributed by atoms with Gasteiger partial charge in [-0.15, -0.1) is 0 Å². The third-order valence-electron chi connectivity index (χ3n) is 4.31.